The molecule has 0 unspecified atom stereocenters. The molecule has 0 saturated heterocycles. The molecule has 0 spiro atoms. The lowest BCUT2D eigenvalue weighted by atomic mass is 10.1. The van der Waals surface area contributed by atoms with Crippen LogP contribution in [0.15, 0.2) is 78.4 Å². The Morgan fingerprint density at radius 1 is 1.06 bits per heavy atom. The van der Waals surface area contributed by atoms with E-state index in [1.54, 1.807) is 30.3 Å². The summed E-state index contributed by atoms with van der Waals surface area (Å²) in [5, 5.41) is 12.4. The number of rotatable bonds is 7. The van der Waals surface area contributed by atoms with Gasteiger partial charge in [-0.15, -0.1) is 0 Å². The van der Waals surface area contributed by atoms with Crippen LogP contribution >= 0.6 is 11.6 Å². The Hall–Kier alpha value is -4.08. The van der Waals surface area contributed by atoms with E-state index in [1.165, 1.54) is 25.3 Å². The molecule has 0 aliphatic rings. The average molecular weight is 447 g/mol. The summed E-state index contributed by atoms with van der Waals surface area (Å²) >= 11 is 6.31. The van der Waals surface area contributed by atoms with Crippen molar-refractivity contribution in [2.75, 3.05) is 12.4 Å². The molecule has 3 aromatic carbocycles. The van der Waals surface area contributed by atoms with E-state index in [0.29, 0.717) is 34.2 Å². The standard InChI is InChI=1S/C25H19ClN2O4/c1-31-25(30)19-8-10-21(11-9-19)28-24(29)20(15-27)13-18-7-12-23(22(26)14-18)32-16-17-5-3-2-4-6-17/h2-14H,16H2,1H3,(H,28,29)/b20-13+. The number of halogens is 1. The molecule has 3 aromatic rings. The highest BCUT2D eigenvalue weighted by molar-refractivity contribution is 6.32. The van der Waals surface area contributed by atoms with Crippen LogP contribution in [0.25, 0.3) is 6.08 Å². The fourth-order valence-electron chi connectivity index (χ4n) is 2.78. The van der Waals surface area contributed by atoms with Gasteiger partial charge in [-0.05, 0) is 53.6 Å². The maximum absolute atomic E-state index is 12.5. The molecule has 0 fully saturated rings. The van der Waals surface area contributed by atoms with Gasteiger partial charge in [-0.1, -0.05) is 48.0 Å². The Bertz CT molecular complexity index is 1180. The van der Waals surface area contributed by atoms with Gasteiger partial charge in [0.1, 0.15) is 24.0 Å². The first-order chi connectivity index (χ1) is 15.5. The van der Waals surface area contributed by atoms with Crippen molar-refractivity contribution in [2.45, 2.75) is 6.61 Å². The van der Waals surface area contributed by atoms with E-state index >= 15 is 0 Å². The average Bonchev–Trinajstić information content (AvgIpc) is 2.82. The van der Waals surface area contributed by atoms with Gasteiger partial charge < -0.3 is 14.8 Å². The van der Waals surface area contributed by atoms with Gasteiger partial charge in [0.25, 0.3) is 5.91 Å². The lowest BCUT2D eigenvalue weighted by Gasteiger charge is -2.09. The van der Waals surface area contributed by atoms with Crippen LogP contribution in [0.3, 0.4) is 0 Å². The number of nitrogens with one attached hydrogen (secondary N) is 1. The molecule has 0 radical (unpaired) electrons. The molecule has 0 saturated carbocycles. The smallest absolute Gasteiger partial charge is 0.337 e. The van der Waals surface area contributed by atoms with Gasteiger partial charge in [-0.3, -0.25) is 4.79 Å². The van der Waals surface area contributed by atoms with Gasteiger partial charge in [0, 0.05) is 5.69 Å². The van der Waals surface area contributed by atoms with Crippen LogP contribution in [-0.4, -0.2) is 19.0 Å². The van der Waals surface area contributed by atoms with E-state index in [-0.39, 0.29) is 5.57 Å². The minimum absolute atomic E-state index is 0.101. The number of benzene rings is 3. The van der Waals surface area contributed by atoms with Crippen molar-refractivity contribution < 1.29 is 19.1 Å². The van der Waals surface area contributed by atoms with Gasteiger partial charge in [-0.2, -0.15) is 5.26 Å². The molecule has 0 atom stereocenters. The Morgan fingerprint density at radius 2 is 1.78 bits per heavy atom. The molecular formula is C25H19ClN2O4. The zero-order chi connectivity index (χ0) is 22.9. The molecule has 1 amide bonds. The molecule has 0 aromatic heterocycles. The number of carbonyl (C=O) groups excluding carboxylic acids is 2. The highest BCUT2D eigenvalue weighted by Crippen LogP contribution is 2.27. The van der Waals surface area contributed by atoms with Crippen molar-refractivity contribution in [2.24, 2.45) is 0 Å². The van der Waals surface area contributed by atoms with Crippen LogP contribution in [0.5, 0.6) is 5.75 Å². The van der Waals surface area contributed by atoms with Gasteiger partial charge in [0.05, 0.1) is 17.7 Å². The Labute approximate surface area is 190 Å². The monoisotopic (exact) mass is 446 g/mol. The second kappa shape index (κ2) is 10.8. The number of amides is 1. The quantitative estimate of drug-likeness (QED) is 0.304. The predicted molar refractivity (Wildman–Crippen MR) is 122 cm³/mol. The van der Waals surface area contributed by atoms with Crippen LogP contribution in [0.1, 0.15) is 21.5 Å². The summed E-state index contributed by atoms with van der Waals surface area (Å²) in [4.78, 5) is 24.0. The third kappa shape index (κ3) is 5.97. The third-order valence-electron chi connectivity index (χ3n) is 4.43. The molecule has 0 aliphatic heterocycles. The minimum atomic E-state index is -0.584. The zero-order valence-corrected chi connectivity index (χ0v) is 17.9. The molecule has 32 heavy (non-hydrogen) atoms. The fourth-order valence-corrected chi connectivity index (χ4v) is 3.02. The van der Waals surface area contributed by atoms with E-state index < -0.39 is 11.9 Å². The molecule has 0 bridgehead atoms. The summed E-state index contributed by atoms with van der Waals surface area (Å²) in [6, 6.07) is 22.7. The number of anilines is 1. The van der Waals surface area contributed by atoms with Crippen molar-refractivity contribution in [1.82, 2.24) is 0 Å². The van der Waals surface area contributed by atoms with E-state index in [2.05, 4.69) is 10.1 Å². The first-order valence-electron chi connectivity index (χ1n) is 9.58. The third-order valence-corrected chi connectivity index (χ3v) is 4.73. The first-order valence-corrected chi connectivity index (χ1v) is 9.95. The highest BCUT2D eigenvalue weighted by atomic mass is 35.5. The van der Waals surface area contributed by atoms with Crippen molar-refractivity contribution >= 4 is 35.2 Å². The zero-order valence-electron chi connectivity index (χ0n) is 17.2. The molecule has 3 rings (SSSR count). The van der Waals surface area contributed by atoms with E-state index in [9.17, 15) is 14.9 Å². The Kier molecular flexibility index (Phi) is 7.63. The topological polar surface area (TPSA) is 88.4 Å². The van der Waals surface area contributed by atoms with E-state index in [1.807, 2.05) is 36.4 Å². The molecule has 7 heteroatoms. The Balaban J connectivity index is 1.68. The number of nitrogens with zero attached hydrogens (tertiary/aromatic N) is 1. The van der Waals surface area contributed by atoms with Crippen LogP contribution in [0.4, 0.5) is 5.69 Å². The number of carbonyl (C=O) groups is 2. The van der Waals surface area contributed by atoms with E-state index in [4.69, 9.17) is 16.3 Å². The number of hydrogen-bond acceptors (Lipinski definition) is 5. The number of nitriles is 1. The SMILES string of the molecule is COC(=O)c1ccc(NC(=O)/C(C#N)=C/c2ccc(OCc3ccccc3)c(Cl)c2)cc1. The molecule has 160 valence electrons. The van der Waals surface area contributed by atoms with Gasteiger partial charge >= 0.3 is 5.97 Å². The summed E-state index contributed by atoms with van der Waals surface area (Å²) in [7, 11) is 1.29. The lowest BCUT2D eigenvalue weighted by Crippen LogP contribution is -2.13. The predicted octanol–water partition coefficient (Wildman–Crippen LogP) is 5.25. The second-order valence-electron chi connectivity index (χ2n) is 6.66. The van der Waals surface area contributed by atoms with Gasteiger partial charge in [-0.25, -0.2) is 4.79 Å². The van der Waals surface area contributed by atoms with Gasteiger partial charge in [0.2, 0.25) is 0 Å². The lowest BCUT2D eigenvalue weighted by molar-refractivity contribution is -0.112. The van der Waals surface area contributed by atoms with Crippen LogP contribution in [-0.2, 0) is 16.1 Å². The Morgan fingerprint density at radius 3 is 2.41 bits per heavy atom. The van der Waals surface area contributed by atoms with Crippen LogP contribution < -0.4 is 10.1 Å². The molecular weight excluding hydrogens is 428 g/mol. The number of esters is 1. The number of methoxy groups -OCH3 is 1. The number of ether oxygens (including phenoxy) is 2. The van der Waals surface area contributed by atoms with Crippen LogP contribution in [0, 0.1) is 11.3 Å². The summed E-state index contributed by atoms with van der Waals surface area (Å²) in [6.07, 6.45) is 1.44. The highest BCUT2D eigenvalue weighted by Gasteiger charge is 2.12. The second-order valence-corrected chi connectivity index (χ2v) is 7.06. The summed E-state index contributed by atoms with van der Waals surface area (Å²) in [6.45, 7) is 0.371. The van der Waals surface area contributed by atoms with Crippen molar-refractivity contribution in [3.8, 4) is 11.8 Å². The van der Waals surface area contributed by atoms with Crippen LogP contribution in [0.2, 0.25) is 5.02 Å². The largest absolute Gasteiger partial charge is 0.487 e. The maximum Gasteiger partial charge on any atom is 0.337 e. The molecule has 1 N–H and O–H groups in total. The van der Waals surface area contributed by atoms with Gasteiger partial charge in [0.15, 0.2) is 0 Å². The summed E-state index contributed by atoms with van der Waals surface area (Å²) in [5.74, 6) is -0.561. The van der Waals surface area contributed by atoms with Crippen molar-refractivity contribution in [3.05, 3.63) is 100 Å². The maximum atomic E-state index is 12.5. The fraction of sp³-hybridized carbons (Fsp3) is 0.0800. The number of hydrogen-bond donors (Lipinski definition) is 1. The molecule has 0 heterocycles. The molecule has 6 nitrogen and oxygen atoms in total. The summed E-state index contributed by atoms with van der Waals surface area (Å²) in [5.41, 5.74) is 2.28. The normalized spacial score (nSPS) is 10.7. The minimum Gasteiger partial charge on any atom is -0.487 e. The molecule has 0 aliphatic carbocycles. The van der Waals surface area contributed by atoms with Crippen molar-refractivity contribution in [1.29, 1.82) is 5.26 Å². The van der Waals surface area contributed by atoms with E-state index in [0.717, 1.165) is 5.56 Å². The first kappa shape index (κ1) is 22.6. The summed E-state index contributed by atoms with van der Waals surface area (Å²) < 4.78 is 10.4. The van der Waals surface area contributed by atoms with Crippen molar-refractivity contribution in [3.63, 3.8) is 0 Å².